The maximum Gasteiger partial charge on any atom is 0.246 e. The Hall–Kier alpha value is -3.64. The first-order valence-electron chi connectivity index (χ1n) is 18.2. The van der Waals surface area contributed by atoms with Gasteiger partial charge in [-0.05, 0) is 62.7 Å². The minimum absolute atomic E-state index is 0.0111. The van der Waals surface area contributed by atoms with Gasteiger partial charge in [0.15, 0.2) is 17.4 Å². The van der Waals surface area contributed by atoms with Crippen molar-refractivity contribution in [3.8, 4) is 0 Å². The summed E-state index contributed by atoms with van der Waals surface area (Å²) in [6.07, 6.45) is 5.64. The van der Waals surface area contributed by atoms with E-state index in [1.165, 1.54) is 6.92 Å². The molecule has 1 aromatic rings. The van der Waals surface area contributed by atoms with Gasteiger partial charge in [-0.15, -0.1) is 10.2 Å². The molecule has 1 aromatic heterocycles. The van der Waals surface area contributed by atoms with E-state index in [1.807, 2.05) is 34.6 Å². The van der Waals surface area contributed by atoms with Crippen molar-refractivity contribution in [3.05, 3.63) is 5.82 Å². The number of Topliss-reactive ketones (excluding diaryl/α,β-unsaturated/α-hetero) is 5. The number of likely N-dealkylation sites (tertiary alicyclic amines) is 1. The molecule has 0 radical (unpaired) electrons. The predicted molar refractivity (Wildman–Crippen MR) is 181 cm³/mol. The number of ketones is 5. The van der Waals surface area contributed by atoms with Gasteiger partial charge in [-0.2, -0.15) is 5.21 Å². The van der Waals surface area contributed by atoms with Crippen molar-refractivity contribution in [1.82, 2.24) is 30.8 Å². The van der Waals surface area contributed by atoms with Gasteiger partial charge in [-0.1, -0.05) is 52.7 Å². The Morgan fingerprint density at radius 1 is 0.939 bits per heavy atom. The third-order valence-corrected chi connectivity index (χ3v) is 10.3. The van der Waals surface area contributed by atoms with E-state index in [9.17, 15) is 33.6 Å². The number of aromatic amines is 1. The number of fused-ring (bicyclic) bond motifs is 1. The third-order valence-electron chi connectivity index (χ3n) is 10.3. The fraction of sp³-hybridized carbons (Fsp3) is 0.778. The molecule has 2 fully saturated rings. The number of hydrogen-bond donors (Lipinski definition) is 2. The number of tetrazole rings is 1. The molecule has 1 aliphatic heterocycles. The average molecular weight is 685 g/mol. The molecule has 1 saturated heterocycles. The van der Waals surface area contributed by atoms with Gasteiger partial charge in [0.1, 0.15) is 17.6 Å². The standard InChI is InChI=1S/C36H56N6O7/c1-7-11-24(34(47)29(45)17-16-23(6)43)18-30(46)33-27-14-10-12-25(27)20-42(33)36(49)32(22(4)5)37-35(48)28(21(2)3)19-26(44)13-8-9-15-31-38-40-41-39-31/h21-22,24-25,27-28,32-33H,7-20H2,1-6H3,(H,37,48)(H,38,39,40,41)/t24?,25-,27-,28+,32-,33?/m0/s1. The van der Waals surface area contributed by atoms with E-state index in [0.717, 1.165) is 25.7 Å². The highest BCUT2D eigenvalue weighted by molar-refractivity contribution is 6.38. The summed E-state index contributed by atoms with van der Waals surface area (Å²) in [5.74, 6) is -3.50. The molecule has 2 N–H and O–H groups in total. The second-order valence-electron chi connectivity index (χ2n) is 14.8. The van der Waals surface area contributed by atoms with Gasteiger partial charge in [0, 0.05) is 56.9 Å². The van der Waals surface area contributed by atoms with E-state index in [0.29, 0.717) is 44.5 Å². The van der Waals surface area contributed by atoms with Crippen molar-refractivity contribution in [2.24, 2.45) is 35.5 Å². The van der Waals surface area contributed by atoms with Crippen molar-refractivity contribution in [1.29, 1.82) is 0 Å². The van der Waals surface area contributed by atoms with E-state index in [-0.39, 0.29) is 78.5 Å². The number of nitrogens with one attached hydrogen (secondary N) is 2. The number of nitrogens with zero attached hydrogens (tertiary/aromatic N) is 4. The molecule has 2 unspecified atom stereocenters. The van der Waals surface area contributed by atoms with E-state index >= 15 is 0 Å². The minimum atomic E-state index is -0.894. The highest BCUT2D eigenvalue weighted by atomic mass is 16.2. The van der Waals surface area contributed by atoms with Crippen LogP contribution >= 0.6 is 0 Å². The Morgan fingerprint density at radius 3 is 2.29 bits per heavy atom. The number of carbonyl (C=O) groups is 7. The van der Waals surface area contributed by atoms with Crippen molar-refractivity contribution in [3.63, 3.8) is 0 Å². The zero-order valence-corrected chi connectivity index (χ0v) is 30.2. The van der Waals surface area contributed by atoms with Crippen LogP contribution in [-0.2, 0) is 40.0 Å². The Balaban J connectivity index is 1.70. The fourth-order valence-corrected chi connectivity index (χ4v) is 7.45. The van der Waals surface area contributed by atoms with Crippen LogP contribution in [0.4, 0.5) is 0 Å². The molecule has 49 heavy (non-hydrogen) atoms. The van der Waals surface area contributed by atoms with Crippen LogP contribution in [0, 0.1) is 35.5 Å². The minimum Gasteiger partial charge on any atom is -0.344 e. The second-order valence-corrected chi connectivity index (χ2v) is 14.8. The van der Waals surface area contributed by atoms with Crippen LogP contribution in [0.2, 0.25) is 0 Å². The predicted octanol–water partition coefficient (Wildman–Crippen LogP) is 3.79. The Morgan fingerprint density at radius 2 is 1.67 bits per heavy atom. The lowest BCUT2D eigenvalue weighted by atomic mass is 9.84. The summed E-state index contributed by atoms with van der Waals surface area (Å²) in [5, 5.41) is 16.7. The zero-order valence-electron chi connectivity index (χ0n) is 30.2. The number of aryl methyl sites for hydroxylation is 1. The van der Waals surface area contributed by atoms with Crippen molar-refractivity contribution in [2.75, 3.05) is 6.54 Å². The van der Waals surface area contributed by atoms with Crippen LogP contribution in [0.15, 0.2) is 0 Å². The van der Waals surface area contributed by atoms with Gasteiger partial charge < -0.3 is 15.0 Å². The van der Waals surface area contributed by atoms with Crippen LogP contribution in [-0.4, -0.2) is 84.9 Å². The van der Waals surface area contributed by atoms with Crippen LogP contribution in [0.5, 0.6) is 0 Å². The molecule has 2 heterocycles. The van der Waals surface area contributed by atoms with Crippen LogP contribution in [0.1, 0.15) is 124 Å². The monoisotopic (exact) mass is 684 g/mol. The lowest BCUT2D eigenvalue weighted by Crippen LogP contribution is -2.56. The number of carbonyl (C=O) groups excluding carboxylic acids is 7. The largest absolute Gasteiger partial charge is 0.344 e. The molecule has 3 rings (SSSR count). The highest BCUT2D eigenvalue weighted by Crippen LogP contribution is 2.43. The highest BCUT2D eigenvalue weighted by Gasteiger charge is 2.51. The Kier molecular flexibility index (Phi) is 15.4. The first-order chi connectivity index (χ1) is 23.2. The van der Waals surface area contributed by atoms with Crippen LogP contribution in [0.25, 0.3) is 0 Å². The summed E-state index contributed by atoms with van der Waals surface area (Å²) in [6, 6.07) is -1.62. The van der Waals surface area contributed by atoms with Gasteiger partial charge in [0.2, 0.25) is 17.6 Å². The van der Waals surface area contributed by atoms with Gasteiger partial charge >= 0.3 is 0 Å². The lowest BCUT2D eigenvalue weighted by Gasteiger charge is -2.33. The van der Waals surface area contributed by atoms with E-state index < -0.39 is 35.5 Å². The summed E-state index contributed by atoms with van der Waals surface area (Å²) >= 11 is 0. The molecule has 1 aliphatic carbocycles. The third kappa shape index (κ3) is 11.2. The number of amides is 2. The van der Waals surface area contributed by atoms with Gasteiger partial charge in [-0.25, -0.2) is 0 Å². The smallest absolute Gasteiger partial charge is 0.246 e. The summed E-state index contributed by atoms with van der Waals surface area (Å²) < 4.78 is 0. The molecule has 0 bridgehead atoms. The van der Waals surface area contributed by atoms with Crippen LogP contribution in [0.3, 0.4) is 0 Å². The van der Waals surface area contributed by atoms with E-state index in [1.54, 1.807) is 4.90 Å². The molecule has 13 heteroatoms. The molecule has 0 aromatic carbocycles. The maximum absolute atomic E-state index is 14.3. The van der Waals surface area contributed by atoms with Crippen LogP contribution < -0.4 is 5.32 Å². The first kappa shape index (κ1) is 39.8. The van der Waals surface area contributed by atoms with Crippen molar-refractivity contribution >= 4 is 40.7 Å². The molecular weight excluding hydrogens is 628 g/mol. The summed E-state index contributed by atoms with van der Waals surface area (Å²) in [4.78, 5) is 93.6. The number of hydrogen-bond acceptors (Lipinski definition) is 10. The maximum atomic E-state index is 14.3. The van der Waals surface area contributed by atoms with Gasteiger partial charge in [0.05, 0.1) is 6.04 Å². The van der Waals surface area contributed by atoms with E-state index in [4.69, 9.17) is 0 Å². The van der Waals surface area contributed by atoms with Gasteiger partial charge in [-0.3, -0.25) is 28.8 Å². The number of rotatable bonds is 22. The molecule has 0 spiro atoms. The molecule has 1 saturated carbocycles. The molecular formula is C36H56N6O7. The first-order valence-corrected chi connectivity index (χ1v) is 18.2. The molecule has 6 atom stereocenters. The lowest BCUT2D eigenvalue weighted by molar-refractivity contribution is -0.145. The molecule has 2 amide bonds. The average Bonchev–Trinajstić information content (AvgIpc) is 3.80. The topological polar surface area (TPSA) is 189 Å². The number of aromatic nitrogens is 4. The molecule has 272 valence electrons. The SMILES string of the molecule is CCCC(CC(=O)C1[C@H]2CCC[C@H]2CN1C(=O)[C@@H](NC(=O)[C@H](CC(=O)CCCCc1nn[nH]n1)C(C)C)C(C)C)C(=O)C(=O)CCC(C)=O. The number of H-pyrrole nitrogens is 1. The molecule has 2 aliphatic rings. The normalized spacial score (nSPS) is 20.6. The van der Waals surface area contributed by atoms with E-state index in [2.05, 4.69) is 25.9 Å². The summed E-state index contributed by atoms with van der Waals surface area (Å²) in [6.45, 7) is 11.1. The van der Waals surface area contributed by atoms with Crippen molar-refractivity contribution in [2.45, 2.75) is 137 Å². The summed E-state index contributed by atoms with van der Waals surface area (Å²) in [7, 11) is 0. The van der Waals surface area contributed by atoms with Crippen molar-refractivity contribution < 1.29 is 33.6 Å². The fourth-order valence-electron chi connectivity index (χ4n) is 7.45. The summed E-state index contributed by atoms with van der Waals surface area (Å²) in [5.41, 5.74) is 0. The quantitative estimate of drug-likeness (QED) is 0.134. The zero-order chi connectivity index (χ0) is 36.2. The molecule has 13 nitrogen and oxygen atoms in total. The van der Waals surface area contributed by atoms with Gasteiger partial charge in [0.25, 0.3) is 0 Å². The Bertz CT molecular complexity index is 1330. The Labute approximate surface area is 289 Å². The second kappa shape index (κ2) is 18.9. The number of unbranched alkanes of at least 4 members (excludes halogenated alkanes) is 1.